The minimum Gasteiger partial charge on any atom is -0.396 e. The van der Waals surface area contributed by atoms with Crippen LogP contribution >= 0.6 is 35.0 Å². The highest BCUT2D eigenvalue weighted by atomic mass is 35.5. The number of rotatable bonds is 8. The van der Waals surface area contributed by atoms with Gasteiger partial charge in [-0.2, -0.15) is 11.8 Å². The van der Waals surface area contributed by atoms with Gasteiger partial charge in [-0.15, -0.1) is 0 Å². The van der Waals surface area contributed by atoms with Gasteiger partial charge in [0.15, 0.2) is 0 Å². The molecule has 1 rings (SSSR count). The van der Waals surface area contributed by atoms with E-state index in [1.54, 1.807) is 11.8 Å². The number of nitrogens with two attached hydrogens (primary N) is 1. The monoisotopic (exact) mass is 358 g/mol. The lowest BCUT2D eigenvalue weighted by molar-refractivity contribution is 0.296. The number of thioether (sulfide) groups is 1. The number of nitrogens with one attached hydrogen (secondary N) is 1. The van der Waals surface area contributed by atoms with Crippen molar-refractivity contribution < 1.29 is 13.5 Å². The smallest absolute Gasteiger partial charge is 0.242 e. The van der Waals surface area contributed by atoms with E-state index < -0.39 is 10.0 Å². The average Bonchev–Trinajstić information content (AvgIpc) is 2.39. The molecule has 0 unspecified atom stereocenters. The van der Waals surface area contributed by atoms with Gasteiger partial charge in [0.05, 0.1) is 15.7 Å². The molecule has 0 spiro atoms. The minimum absolute atomic E-state index is 0.0496. The lowest BCUT2D eigenvalue weighted by Gasteiger charge is -2.10. The van der Waals surface area contributed by atoms with Gasteiger partial charge in [0.2, 0.25) is 10.0 Å². The SMILES string of the molecule is Nc1c(Cl)ccc(S(=O)(=O)NCCSCCCO)c1Cl. The Morgan fingerprint density at radius 2 is 2.00 bits per heavy atom. The molecule has 0 aliphatic carbocycles. The molecule has 0 saturated heterocycles. The van der Waals surface area contributed by atoms with Crippen molar-refractivity contribution in [3.63, 3.8) is 0 Å². The fourth-order valence-corrected chi connectivity index (χ4v) is 4.06. The highest BCUT2D eigenvalue weighted by molar-refractivity contribution is 7.99. The molecule has 0 amide bonds. The molecule has 20 heavy (non-hydrogen) atoms. The van der Waals surface area contributed by atoms with Crippen LogP contribution in [-0.4, -0.2) is 38.2 Å². The summed E-state index contributed by atoms with van der Waals surface area (Å²) in [5, 5.41) is 8.76. The van der Waals surface area contributed by atoms with Crippen molar-refractivity contribution in [3.8, 4) is 0 Å². The highest BCUT2D eigenvalue weighted by Gasteiger charge is 2.20. The van der Waals surface area contributed by atoms with Crippen LogP contribution < -0.4 is 10.5 Å². The van der Waals surface area contributed by atoms with Crippen LogP contribution in [0.3, 0.4) is 0 Å². The summed E-state index contributed by atoms with van der Waals surface area (Å²) < 4.78 is 26.6. The molecule has 9 heteroatoms. The van der Waals surface area contributed by atoms with Gasteiger partial charge < -0.3 is 10.8 Å². The lowest BCUT2D eigenvalue weighted by Crippen LogP contribution is -2.26. The fraction of sp³-hybridized carbons (Fsp3) is 0.455. The molecule has 0 heterocycles. The molecule has 5 nitrogen and oxygen atoms in total. The second-order valence-electron chi connectivity index (χ2n) is 3.86. The summed E-state index contributed by atoms with van der Waals surface area (Å²) in [6.07, 6.45) is 0.691. The zero-order chi connectivity index (χ0) is 15.2. The van der Waals surface area contributed by atoms with Crippen LogP contribution in [0.5, 0.6) is 0 Å². The fourth-order valence-electron chi connectivity index (χ4n) is 1.35. The second-order valence-corrected chi connectivity index (χ2v) is 7.61. The molecule has 0 aromatic heterocycles. The van der Waals surface area contributed by atoms with E-state index in [2.05, 4.69) is 4.72 Å². The maximum Gasteiger partial charge on any atom is 0.242 e. The van der Waals surface area contributed by atoms with Crippen LogP contribution in [0.25, 0.3) is 0 Å². The molecule has 0 aliphatic heterocycles. The lowest BCUT2D eigenvalue weighted by atomic mass is 10.3. The van der Waals surface area contributed by atoms with Crippen molar-refractivity contribution in [1.29, 1.82) is 0 Å². The molecular formula is C11H16Cl2N2O3S2. The van der Waals surface area contributed by atoms with E-state index in [9.17, 15) is 8.42 Å². The van der Waals surface area contributed by atoms with Crippen LogP contribution in [0.2, 0.25) is 10.0 Å². The number of hydrogen-bond acceptors (Lipinski definition) is 5. The zero-order valence-corrected chi connectivity index (χ0v) is 13.7. The average molecular weight is 359 g/mol. The first-order valence-electron chi connectivity index (χ1n) is 5.82. The van der Waals surface area contributed by atoms with Gasteiger partial charge in [0.1, 0.15) is 4.90 Å². The minimum atomic E-state index is -3.71. The Bertz CT molecular complexity index is 553. The van der Waals surface area contributed by atoms with E-state index in [1.165, 1.54) is 12.1 Å². The Hall–Kier alpha value is -0.180. The number of aliphatic hydroxyl groups excluding tert-OH is 1. The molecular weight excluding hydrogens is 343 g/mol. The standard InChI is InChI=1S/C11H16Cl2N2O3S2/c12-8-2-3-9(10(13)11(8)14)20(17,18)15-4-7-19-6-1-5-16/h2-3,15-16H,1,4-7,14H2. The largest absolute Gasteiger partial charge is 0.396 e. The van der Waals surface area contributed by atoms with Gasteiger partial charge in [-0.3, -0.25) is 0 Å². The summed E-state index contributed by atoms with van der Waals surface area (Å²) in [6, 6.07) is 2.72. The third kappa shape index (κ3) is 4.98. The summed E-state index contributed by atoms with van der Waals surface area (Å²) in [7, 11) is -3.71. The number of benzene rings is 1. The van der Waals surface area contributed by atoms with Crippen molar-refractivity contribution in [2.75, 3.05) is 30.4 Å². The molecule has 0 saturated carbocycles. The van der Waals surface area contributed by atoms with E-state index in [4.69, 9.17) is 34.0 Å². The van der Waals surface area contributed by atoms with E-state index >= 15 is 0 Å². The predicted molar refractivity (Wildman–Crippen MR) is 85.1 cm³/mol. The molecule has 0 bridgehead atoms. The van der Waals surface area contributed by atoms with Crippen LogP contribution in [0.4, 0.5) is 5.69 Å². The van der Waals surface area contributed by atoms with Gasteiger partial charge in [0, 0.05) is 18.9 Å². The number of nitrogen functional groups attached to an aromatic ring is 1. The van der Waals surface area contributed by atoms with Crippen LogP contribution in [0.1, 0.15) is 6.42 Å². The van der Waals surface area contributed by atoms with Gasteiger partial charge in [0.25, 0.3) is 0 Å². The highest BCUT2D eigenvalue weighted by Crippen LogP contribution is 2.32. The maximum absolute atomic E-state index is 12.1. The summed E-state index contributed by atoms with van der Waals surface area (Å²) in [6.45, 7) is 0.412. The molecule has 0 atom stereocenters. The first kappa shape index (κ1) is 17.9. The molecule has 0 radical (unpaired) electrons. The third-order valence-electron chi connectivity index (χ3n) is 2.37. The number of anilines is 1. The van der Waals surface area contributed by atoms with E-state index in [0.717, 1.165) is 5.75 Å². The number of halogens is 2. The molecule has 0 fully saturated rings. The number of sulfonamides is 1. The third-order valence-corrected chi connectivity index (χ3v) is 5.79. The summed E-state index contributed by atoms with van der Waals surface area (Å²) in [5.74, 6) is 1.40. The Morgan fingerprint density at radius 3 is 2.65 bits per heavy atom. The molecule has 1 aromatic rings. The Kier molecular flexibility index (Phi) is 7.42. The molecule has 1 aromatic carbocycles. The van der Waals surface area contributed by atoms with Crippen molar-refractivity contribution in [3.05, 3.63) is 22.2 Å². The molecule has 0 aliphatic rings. The Labute approximate surface area is 132 Å². The zero-order valence-electron chi connectivity index (χ0n) is 10.6. The quantitative estimate of drug-likeness (QED) is 0.488. The Morgan fingerprint density at radius 1 is 1.30 bits per heavy atom. The van der Waals surface area contributed by atoms with Gasteiger partial charge in [-0.1, -0.05) is 23.2 Å². The van der Waals surface area contributed by atoms with E-state index in [1.807, 2.05) is 0 Å². The van der Waals surface area contributed by atoms with Crippen LogP contribution in [-0.2, 0) is 10.0 Å². The van der Waals surface area contributed by atoms with Crippen molar-refractivity contribution in [2.24, 2.45) is 0 Å². The van der Waals surface area contributed by atoms with Crippen molar-refractivity contribution in [2.45, 2.75) is 11.3 Å². The van der Waals surface area contributed by atoms with Crippen LogP contribution in [0, 0.1) is 0 Å². The van der Waals surface area contributed by atoms with Gasteiger partial charge >= 0.3 is 0 Å². The summed E-state index contributed by atoms with van der Waals surface area (Å²) >= 11 is 13.2. The van der Waals surface area contributed by atoms with Crippen molar-refractivity contribution in [1.82, 2.24) is 4.72 Å². The van der Waals surface area contributed by atoms with Crippen LogP contribution in [0.15, 0.2) is 17.0 Å². The topological polar surface area (TPSA) is 92.4 Å². The first-order chi connectivity index (χ1) is 9.40. The number of hydrogen-bond donors (Lipinski definition) is 3. The van der Waals surface area contributed by atoms with E-state index in [-0.39, 0.29) is 33.8 Å². The van der Waals surface area contributed by atoms with Gasteiger partial charge in [-0.25, -0.2) is 13.1 Å². The molecule has 4 N–H and O–H groups in total. The Balaban J connectivity index is 2.63. The molecule has 114 valence electrons. The predicted octanol–water partition coefficient (Wildman–Crippen LogP) is 1.97. The van der Waals surface area contributed by atoms with Gasteiger partial charge in [-0.05, 0) is 24.3 Å². The van der Waals surface area contributed by atoms with E-state index in [0.29, 0.717) is 12.2 Å². The normalized spacial score (nSPS) is 11.8. The first-order valence-corrected chi connectivity index (χ1v) is 9.21. The van der Waals surface area contributed by atoms with Crippen molar-refractivity contribution >= 4 is 50.7 Å². The second kappa shape index (κ2) is 8.31. The summed E-state index contributed by atoms with van der Waals surface area (Å²) in [5.41, 5.74) is 5.65. The summed E-state index contributed by atoms with van der Waals surface area (Å²) in [4.78, 5) is -0.0820. The number of aliphatic hydroxyl groups is 1. The maximum atomic E-state index is 12.1.